The van der Waals surface area contributed by atoms with Crippen LogP contribution in [0.3, 0.4) is 0 Å². The number of nitrogens with one attached hydrogen (secondary N) is 1. The van der Waals surface area contributed by atoms with Crippen molar-refractivity contribution in [1.29, 1.82) is 0 Å². The first kappa shape index (κ1) is 17.3. The van der Waals surface area contributed by atoms with Crippen LogP contribution in [0.4, 0.5) is 8.78 Å². The smallest absolute Gasteiger partial charge is 0.325 e. The summed E-state index contributed by atoms with van der Waals surface area (Å²) in [6.45, 7) is 1.25. The number of fused-ring (bicyclic) bond motifs is 1. The van der Waals surface area contributed by atoms with Gasteiger partial charge in [-0.15, -0.1) is 0 Å². The lowest BCUT2D eigenvalue weighted by Gasteiger charge is -2.13. The molecule has 0 radical (unpaired) electrons. The Hall–Kier alpha value is -3.56. The summed E-state index contributed by atoms with van der Waals surface area (Å²) in [6.07, 6.45) is 1.09. The fraction of sp³-hybridized carbons (Fsp3) is 0.125. The summed E-state index contributed by atoms with van der Waals surface area (Å²) in [5.41, 5.74) is -0.244. The Bertz CT molecular complexity index is 1010. The molecular formula is C16H12F2N4O4. The number of carbonyl (C=O) groups excluding carboxylic acids is 1. The molecule has 0 bridgehead atoms. The Labute approximate surface area is 144 Å². The van der Waals surface area contributed by atoms with Gasteiger partial charge in [-0.25, -0.2) is 18.3 Å². The van der Waals surface area contributed by atoms with Crippen LogP contribution in [0, 0.1) is 11.6 Å². The lowest BCUT2D eigenvalue weighted by atomic mass is 10.1. The highest BCUT2D eigenvalue weighted by atomic mass is 19.1. The minimum absolute atomic E-state index is 0.0687. The molecule has 0 fully saturated rings. The normalized spacial score (nSPS) is 12.1. The minimum atomic E-state index is -1.26. The molecule has 0 aliphatic carbocycles. The number of pyridine rings is 1. The third kappa shape index (κ3) is 3.04. The number of aromatic hydroxyl groups is 1. The predicted octanol–water partition coefficient (Wildman–Crippen LogP) is 1.58. The molecule has 3 N–H and O–H groups in total. The van der Waals surface area contributed by atoms with Crippen molar-refractivity contribution in [3.8, 4) is 17.0 Å². The van der Waals surface area contributed by atoms with Gasteiger partial charge in [0.1, 0.15) is 35.3 Å². The van der Waals surface area contributed by atoms with E-state index < -0.39 is 35.3 Å². The van der Waals surface area contributed by atoms with Gasteiger partial charge in [-0.05, 0) is 19.1 Å². The van der Waals surface area contributed by atoms with E-state index in [2.05, 4.69) is 15.4 Å². The van der Waals surface area contributed by atoms with Gasteiger partial charge in [0.25, 0.3) is 5.91 Å². The van der Waals surface area contributed by atoms with Crippen molar-refractivity contribution in [2.75, 3.05) is 0 Å². The van der Waals surface area contributed by atoms with E-state index in [-0.39, 0.29) is 22.5 Å². The maximum atomic E-state index is 13.5. The van der Waals surface area contributed by atoms with Crippen molar-refractivity contribution >= 4 is 17.5 Å². The number of carbonyl (C=O) groups is 2. The maximum Gasteiger partial charge on any atom is 0.325 e. The summed E-state index contributed by atoms with van der Waals surface area (Å²) >= 11 is 0. The van der Waals surface area contributed by atoms with Crippen LogP contribution < -0.4 is 5.32 Å². The number of aliphatic carboxylic acids is 1. The molecule has 2 heterocycles. The van der Waals surface area contributed by atoms with Crippen LogP contribution in [0.1, 0.15) is 17.3 Å². The first-order valence-corrected chi connectivity index (χ1v) is 7.33. The van der Waals surface area contributed by atoms with E-state index in [1.165, 1.54) is 6.92 Å². The molecule has 1 unspecified atom stereocenters. The van der Waals surface area contributed by atoms with Gasteiger partial charge in [0.15, 0.2) is 5.65 Å². The fourth-order valence-electron chi connectivity index (χ4n) is 2.42. The lowest BCUT2D eigenvalue weighted by Crippen LogP contribution is -2.38. The van der Waals surface area contributed by atoms with Gasteiger partial charge in [0.05, 0.1) is 5.69 Å². The largest absolute Gasteiger partial charge is 0.507 e. The van der Waals surface area contributed by atoms with Crippen molar-refractivity contribution in [3.05, 3.63) is 47.8 Å². The van der Waals surface area contributed by atoms with E-state index >= 15 is 0 Å². The lowest BCUT2D eigenvalue weighted by molar-refractivity contribution is -0.138. The molecule has 3 aromatic rings. The summed E-state index contributed by atoms with van der Waals surface area (Å²) in [7, 11) is 0. The number of nitrogens with zero attached hydrogens (tertiary/aromatic N) is 3. The third-order valence-corrected chi connectivity index (χ3v) is 3.63. The van der Waals surface area contributed by atoms with Gasteiger partial charge in [0.2, 0.25) is 0 Å². The summed E-state index contributed by atoms with van der Waals surface area (Å²) in [5, 5.41) is 25.2. The molecular weight excluding hydrogens is 350 g/mol. The molecule has 0 saturated heterocycles. The van der Waals surface area contributed by atoms with Crippen LogP contribution in [0.25, 0.3) is 16.9 Å². The van der Waals surface area contributed by atoms with E-state index in [4.69, 9.17) is 5.11 Å². The van der Waals surface area contributed by atoms with E-state index in [0.717, 1.165) is 29.0 Å². The van der Waals surface area contributed by atoms with Crippen molar-refractivity contribution in [2.45, 2.75) is 13.0 Å². The number of amides is 1. The van der Waals surface area contributed by atoms with Crippen LogP contribution in [0.15, 0.2) is 30.6 Å². The molecule has 0 aliphatic rings. The second kappa shape index (κ2) is 6.39. The summed E-state index contributed by atoms with van der Waals surface area (Å²) in [6, 6.07) is 2.64. The highest BCUT2D eigenvalue weighted by molar-refractivity contribution is 6.04. The number of carboxylic acid groups (broad SMARTS) is 1. The van der Waals surface area contributed by atoms with Crippen LogP contribution in [-0.2, 0) is 4.79 Å². The molecule has 8 nitrogen and oxygen atoms in total. The second-order valence-electron chi connectivity index (χ2n) is 5.48. The molecule has 1 aromatic carbocycles. The highest BCUT2D eigenvalue weighted by Crippen LogP contribution is 2.30. The zero-order valence-electron chi connectivity index (χ0n) is 13.3. The Morgan fingerprint density at radius 1 is 1.19 bits per heavy atom. The number of rotatable bonds is 4. The molecule has 1 atom stereocenters. The van der Waals surface area contributed by atoms with E-state index in [0.29, 0.717) is 6.07 Å². The molecule has 10 heteroatoms. The molecule has 0 aliphatic heterocycles. The Balaban J connectivity index is 2.15. The average molecular weight is 362 g/mol. The van der Waals surface area contributed by atoms with E-state index in [1.54, 1.807) is 0 Å². The fourth-order valence-corrected chi connectivity index (χ4v) is 2.42. The van der Waals surface area contributed by atoms with Crippen LogP contribution in [0.5, 0.6) is 5.75 Å². The quantitative estimate of drug-likeness (QED) is 0.649. The average Bonchev–Trinajstić information content (AvgIpc) is 3.01. The number of benzene rings is 1. The van der Waals surface area contributed by atoms with Gasteiger partial charge in [-0.3, -0.25) is 9.59 Å². The Morgan fingerprint density at radius 3 is 2.46 bits per heavy atom. The van der Waals surface area contributed by atoms with Gasteiger partial charge < -0.3 is 15.5 Å². The van der Waals surface area contributed by atoms with Crippen molar-refractivity contribution < 1.29 is 28.6 Å². The van der Waals surface area contributed by atoms with Crippen LogP contribution in [0.2, 0.25) is 0 Å². The summed E-state index contributed by atoms with van der Waals surface area (Å²) < 4.78 is 28.1. The maximum absolute atomic E-state index is 13.5. The zero-order chi connectivity index (χ0) is 19.0. The topological polar surface area (TPSA) is 117 Å². The van der Waals surface area contributed by atoms with E-state index in [9.17, 15) is 23.5 Å². The number of hydrogen-bond donors (Lipinski definition) is 3. The molecule has 0 saturated carbocycles. The van der Waals surface area contributed by atoms with Crippen molar-refractivity contribution in [1.82, 2.24) is 19.9 Å². The van der Waals surface area contributed by atoms with Gasteiger partial charge in [-0.1, -0.05) is 0 Å². The first-order valence-electron chi connectivity index (χ1n) is 7.33. The summed E-state index contributed by atoms with van der Waals surface area (Å²) in [5.74, 6) is -4.34. The Kier molecular flexibility index (Phi) is 4.24. The van der Waals surface area contributed by atoms with Crippen molar-refractivity contribution in [2.24, 2.45) is 0 Å². The minimum Gasteiger partial charge on any atom is -0.507 e. The second-order valence-corrected chi connectivity index (χ2v) is 5.48. The zero-order valence-corrected chi connectivity index (χ0v) is 13.3. The first-order chi connectivity index (χ1) is 12.3. The SMILES string of the molecule is CC(NC(=O)c1c(O)cc(-c2cc(F)cc(F)c2)n2ncnc12)C(=O)O. The van der Waals surface area contributed by atoms with Gasteiger partial charge >= 0.3 is 5.97 Å². The van der Waals surface area contributed by atoms with Crippen LogP contribution >= 0.6 is 0 Å². The molecule has 26 heavy (non-hydrogen) atoms. The monoisotopic (exact) mass is 362 g/mol. The summed E-state index contributed by atoms with van der Waals surface area (Å²) in [4.78, 5) is 27.1. The number of halogens is 2. The standard InChI is InChI=1S/C16H12F2N4O4/c1-7(16(25)26)21-15(24)13-12(23)5-11(22-14(13)19-6-20-22)8-2-9(17)4-10(18)3-8/h2-7,23H,1H3,(H,21,24)(H,25,26). The number of carboxylic acids is 1. The van der Waals surface area contributed by atoms with Gasteiger partial charge in [0, 0.05) is 17.7 Å². The number of hydrogen-bond acceptors (Lipinski definition) is 5. The molecule has 2 aromatic heterocycles. The molecule has 0 spiro atoms. The highest BCUT2D eigenvalue weighted by Gasteiger charge is 2.24. The molecule has 1 amide bonds. The Morgan fingerprint density at radius 2 is 1.85 bits per heavy atom. The predicted molar refractivity (Wildman–Crippen MR) is 84.6 cm³/mol. The third-order valence-electron chi connectivity index (χ3n) is 3.63. The number of aromatic nitrogens is 3. The van der Waals surface area contributed by atoms with E-state index in [1.807, 2.05) is 0 Å². The van der Waals surface area contributed by atoms with Gasteiger partial charge in [-0.2, -0.15) is 5.10 Å². The molecule has 3 rings (SSSR count). The van der Waals surface area contributed by atoms with Crippen LogP contribution in [-0.4, -0.2) is 42.7 Å². The van der Waals surface area contributed by atoms with Crippen molar-refractivity contribution in [3.63, 3.8) is 0 Å². The molecule has 134 valence electrons.